The summed E-state index contributed by atoms with van der Waals surface area (Å²) in [7, 11) is -2.64. The van der Waals surface area contributed by atoms with Crippen LogP contribution in [-0.2, 0) is 30.9 Å². The Kier molecular flexibility index (Phi) is 7.11. The fraction of sp³-hybridized carbons (Fsp3) is 0.120. The first-order valence-corrected chi connectivity index (χ1v) is 12.4. The van der Waals surface area contributed by atoms with Crippen LogP contribution in [0.25, 0.3) is 6.08 Å². The van der Waals surface area contributed by atoms with E-state index in [2.05, 4.69) is 4.72 Å². The van der Waals surface area contributed by atoms with Crippen LogP contribution in [0, 0.1) is 5.82 Å². The minimum absolute atomic E-state index is 0.0125. The van der Waals surface area contributed by atoms with E-state index in [4.69, 9.17) is 20.8 Å². The van der Waals surface area contributed by atoms with Gasteiger partial charge in [0.15, 0.2) is 0 Å². The maximum atomic E-state index is 14.4. The molecule has 2 aromatic carbocycles. The van der Waals surface area contributed by atoms with Gasteiger partial charge in [-0.2, -0.15) is 0 Å². The van der Waals surface area contributed by atoms with E-state index in [-0.39, 0.29) is 45.5 Å². The summed E-state index contributed by atoms with van der Waals surface area (Å²) in [4.78, 5) is 26.9. The van der Waals surface area contributed by atoms with E-state index in [0.29, 0.717) is 5.02 Å². The zero-order valence-electron chi connectivity index (χ0n) is 19.1. The molecule has 1 aliphatic heterocycles. The van der Waals surface area contributed by atoms with Gasteiger partial charge in [0.2, 0.25) is 10.0 Å². The Labute approximate surface area is 211 Å². The Morgan fingerprint density at radius 1 is 1.14 bits per heavy atom. The van der Waals surface area contributed by atoms with Crippen molar-refractivity contribution in [3.63, 3.8) is 0 Å². The number of halogens is 2. The van der Waals surface area contributed by atoms with E-state index in [1.807, 2.05) is 0 Å². The molecule has 1 aliphatic rings. The third-order valence-electron chi connectivity index (χ3n) is 5.41. The number of sulfonamides is 1. The van der Waals surface area contributed by atoms with Crippen molar-refractivity contribution in [2.24, 2.45) is 0 Å². The van der Waals surface area contributed by atoms with Gasteiger partial charge in [-0.25, -0.2) is 22.3 Å². The Morgan fingerprint density at radius 2 is 1.83 bits per heavy atom. The highest BCUT2D eigenvalue weighted by molar-refractivity contribution is 7.89. The number of hydrogen-bond donors (Lipinski definition) is 1. The van der Waals surface area contributed by atoms with Gasteiger partial charge in [0.25, 0.3) is 5.91 Å². The highest BCUT2D eigenvalue weighted by atomic mass is 35.5. The largest absolute Gasteiger partial charge is 0.465 e. The average Bonchev–Trinajstić information content (AvgIpc) is 3.40. The molecule has 4 rings (SSSR count). The first-order chi connectivity index (χ1) is 17.1. The number of hydrogen-bond acceptors (Lipinski definition) is 6. The van der Waals surface area contributed by atoms with Crippen molar-refractivity contribution in [3.05, 3.63) is 99.9 Å². The fourth-order valence-corrected chi connectivity index (χ4v) is 4.80. The number of carbonyl (C=O) groups is 2. The lowest BCUT2D eigenvalue weighted by Gasteiger charge is -2.18. The zero-order valence-corrected chi connectivity index (χ0v) is 20.7. The molecule has 1 aromatic heterocycles. The quantitative estimate of drug-likeness (QED) is 0.358. The number of methoxy groups -OCH3 is 1. The minimum atomic E-state index is -3.82. The van der Waals surface area contributed by atoms with Crippen LogP contribution in [-0.4, -0.2) is 27.4 Å². The molecule has 2 heterocycles. The standard InChI is InChI=1S/C25H20ClFN2O6S/c1-15-23(25(31)34-2)20(24(30)29(15)22-6-4-3-5-21(22)27)13-17-9-10-18(35-17)14-28-36(32,33)19-11-7-16(26)8-12-19/h3-13,28H,14H2,1-2H3/b20-13+. The molecule has 36 heavy (non-hydrogen) atoms. The molecule has 0 unspecified atom stereocenters. The van der Waals surface area contributed by atoms with Gasteiger partial charge in [-0.15, -0.1) is 0 Å². The number of anilines is 1. The van der Waals surface area contributed by atoms with Crippen molar-refractivity contribution in [1.29, 1.82) is 0 Å². The van der Waals surface area contributed by atoms with Crippen molar-refractivity contribution in [2.45, 2.75) is 18.4 Å². The second-order valence-corrected chi connectivity index (χ2v) is 9.89. The second kappa shape index (κ2) is 10.1. The molecule has 8 nitrogen and oxygen atoms in total. The monoisotopic (exact) mass is 530 g/mol. The summed E-state index contributed by atoms with van der Waals surface area (Å²) in [5.74, 6) is -1.60. The van der Waals surface area contributed by atoms with Gasteiger partial charge in [0.05, 0.1) is 35.4 Å². The fourth-order valence-electron chi connectivity index (χ4n) is 3.68. The van der Waals surface area contributed by atoms with E-state index >= 15 is 0 Å². The average molecular weight is 531 g/mol. The SMILES string of the molecule is COC(=O)C1=C(C)N(c2ccccc2F)C(=O)/C1=C/c1ccc(CNS(=O)(=O)c2ccc(Cl)cc2)o1. The van der Waals surface area contributed by atoms with Gasteiger partial charge >= 0.3 is 5.97 Å². The molecule has 0 saturated carbocycles. The number of nitrogens with one attached hydrogen (secondary N) is 1. The summed E-state index contributed by atoms with van der Waals surface area (Å²) >= 11 is 5.80. The summed E-state index contributed by atoms with van der Waals surface area (Å²) in [6, 6.07) is 14.4. The van der Waals surface area contributed by atoms with Crippen molar-refractivity contribution in [2.75, 3.05) is 12.0 Å². The van der Waals surface area contributed by atoms with Gasteiger partial charge < -0.3 is 9.15 Å². The summed E-state index contributed by atoms with van der Waals surface area (Å²) in [5, 5.41) is 0.406. The van der Waals surface area contributed by atoms with Crippen LogP contribution in [0.5, 0.6) is 0 Å². The van der Waals surface area contributed by atoms with E-state index in [9.17, 15) is 22.4 Å². The number of esters is 1. The van der Waals surface area contributed by atoms with Crippen LogP contribution in [0.3, 0.4) is 0 Å². The number of rotatable bonds is 7. The molecule has 3 aromatic rings. The molecule has 1 N–H and O–H groups in total. The summed E-state index contributed by atoms with van der Waals surface area (Å²) in [6.07, 6.45) is 1.33. The van der Waals surface area contributed by atoms with Gasteiger partial charge in [0.1, 0.15) is 17.3 Å². The highest BCUT2D eigenvalue weighted by Crippen LogP contribution is 2.36. The number of furan rings is 1. The number of carbonyl (C=O) groups excluding carboxylic acids is 2. The maximum Gasteiger partial charge on any atom is 0.340 e. The van der Waals surface area contributed by atoms with Crippen LogP contribution in [0.4, 0.5) is 10.1 Å². The number of amides is 1. The smallest absolute Gasteiger partial charge is 0.340 e. The summed E-state index contributed by atoms with van der Waals surface area (Å²) in [6.45, 7) is 1.35. The van der Waals surface area contributed by atoms with E-state index in [1.165, 1.54) is 74.7 Å². The Morgan fingerprint density at radius 3 is 2.50 bits per heavy atom. The Bertz CT molecular complexity index is 1510. The van der Waals surface area contributed by atoms with Crippen molar-refractivity contribution < 1.29 is 31.6 Å². The molecule has 0 radical (unpaired) electrons. The third kappa shape index (κ3) is 4.97. The first-order valence-electron chi connectivity index (χ1n) is 10.6. The highest BCUT2D eigenvalue weighted by Gasteiger charge is 2.39. The van der Waals surface area contributed by atoms with Crippen LogP contribution >= 0.6 is 11.6 Å². The molecule has 0 fully saturated rings. The van der Waals surface area contributed by atoms with E-state index < -0.39 is 27.7 Å². The van der Waals surface area contributed by atoms with Crippen molar-refractivity contribution in [1.82, 2.24) is 4.72 Å². The van der Waals surface area contributed by atoms with Crippen LogP contribution in [0.2, 0.25) is 5.02 Å². The van der Waals surface area contributed by atoms with E-state index in [0.717, 1.165) is 4.90 Å². The van der Waals surface area contributed by atoms with Gasteiger partial charge in [-0.1, -0.05) is 23.7 Å². The second-order valence-electron chi connectivity index (χ2n) is 7.68. The van der Waals surface area contributed by atoms with E-state index in [1.54, 1.807) is 6.07 Å². The van der Waals surface area contributed by atoms with Crippen molar-refractivity contribution in [3.8, 4) is 0 Å². The number of allylic oxidation sites excluding steroid dienone is 1. The Hall–Kier alpha value is -3.73. The van der Waals surface area contributed by atoms with Crippen molar-refractivity contribution >= 4 is 45.3 Å². The van der Waals surface area contributed by atoms with Gasteiger partial charge in [-0.05, 0) is 61.5 Å². The number of ether oxygens (including phenoxy) is 1. The number of nitrogens with zero attached hydrogens (tertiary/aromatic N) is 1. The molecule has 0 bridgehead atoms. The minimum Gasteiger partial charge on any atom is -0.465 e. The molecule has 11 heteroatoms. The number of benzene rings is 2. The number of para-hydroxylation sites is 1. The lowest BCUT2D eigenvalue weighted by molar-refractivity contribution is -0.136. The normalized spacial score (nSPS) is 15.2. The summed E-state index contributed by atoms with van der Waals surface area (Å²) < 4.78 is 52.3. The molecule has 0 aliphatic carbocycles. The molecule has 0 spiro atoms. The summed E-state index contributed by atoms with van der Waals surface area (Å²) in [5.41, 5.74) is 0.102. The molecule has 1 amide bonds. The van der Waals surface area contributed by atoms with Gasteiger partial charge in [-0.3, -0.25) is 9.69 Å². The topological polar surface area (TPSA) is 106 Å². The van der Waals surface area contributed by atoms with Crippen LogP contribution in [0.1, 0.15) is 18.4 Å². The molecule has 186 valence electrons. The zero-order chi connectivity index (χ0) is 26.0. The molecule has 0 atom stereocenters. The third-order valence-corrected chi connectivity index (χ3v) is 7.08. The molecular weight excluding hydrogens is 511 g/mol. The van der Waals surface area contributed by atoms with Crippen LogP contribution in [0.15, 0.2) is 86.8 Å². The van der Waals surface area contributed by atoms with Gasteiger partial charge in [0, 0.05) is 10.7 Å². The lowest BCUT2D eigenvalue weighted by atomic mass is 10.1. The Balaban J connectivity index is 1.60. The predicted molar refractivity (Wildman–Crippen MR) is 131 cm³/mol. The molecule has 0 saturated heterocycles. The molecular formula is C25H20ClFN2O6S. The first kappa shape index (κ1) is 25.4. The van der Waals surface area contributed by atoms with Crippen LogP contribution < -0.4 is 9.62 Å². The predicted octanol–water partition coefficient (Wildman–Crippen LogP) is 4.43. The lowest BCUT2D eigenvalue weighted by Crippen LogP contribution is -2.25. The maximum absolute atomic E-state index is 14.4.